The fourth-order valence-corrected chi connectivity index (χ4v) is 3.28. The fraction of sp³-hybridized carbons (Fsp3) is 0.100. The zero-order valence-corrected chi connectivity index (χ0v) is 16.5. The molecule has 3 aromatic carbocycles. The first kappa shape index (κ1) is 19.5. The van der Waals surface area contributed by atoms with Crippen molar-refractivity contribution < 1.29 is 14.5 Å². The maximum atomic E-state index is 12.3. The van der Waals surface area contributed by atoms with Crippen molar-refractivity contribution in [2.75, 3.05) is 7.11 Å². The lowest BCUT2D eigenvalue weighted by Crippen LogP contribution is -2.20. The summed E-state index contributed by atoms with van der Waals surface area (Å²) >= 11 is 3.51. The number of non-ortho nitro benzene ring substituents is 1. The number of fused-ring (bicyclic) bond motifs is 1. The minimum atomic E-state index is -0.506. The Morgan fingerprint density at radius 3 is 2.68 bits per heavy atom. The van der Waals surface area contributed by atoms with Gasteiger partial charge in [-0.15, -0.1) is 0 Å². The Kier molecular flexibility index (Phi) is 6.00. The summed E-state index contributed by atoms with van der Waals surface area (Å²) in [6, 6.07) is 15.7. The molecule has 0 aliphatic carbocycles. The molecule has 0 spiro atoms. The van der Waals surface area contributed by atoms with Crippen LogP contribution in [-0.2, 0) is 11.2 Å². The van der Waals surface area contributed by atoms with Crippen molar-refractivity contribution in [3.63, 3.8) is 0 Å². The number of nitrogens with one attached hydrogen (secondary N) is 1. The molecular formula is C20H16BrN3O4. The average Bonchev–Trinajstić information content (AvgIpc) is 2.70. The predicted octanol–water partition coefficient (Wildman–Crippen LogP) is 4.21. The number of nitro groups is 1. The molecule has 7 nitrogen and oxygen atoms in total. The molecule has 0 aromatic heterocycles. The second-order valence-electron chi connectivity index (χ2n) is 5.91. The number of carbonyl (C=O) groups is 1. The van der Waals surface area contributed by atoms with Gasteiger partial charge in [-0.2, -0.15) is 5.10 Å². The van der Waals surface area contributed by atoms with Gasteiger partial charge in [0.2, 0.25) is 5.91 Å². The first-order chi connectivity index (χ1) is 13.5. The van der Waals surface area contributed by atoms with Gasteiger partial charge in [-0.3, -0.25) is 14.9 Å². The van der Waals surface area contributed by atoms with Crippen molar-refractivity contribution in [1.82, 2.24) is 5.43 Å². The maximum absolute atomic E-state index is 12.3. The molecular weight excluding hydrogens is 426 g/mol. The molecule has 1 amide bonds. The van der Waals surface area contributed by atoms with Crippen LogP contribution in [0.1, 0.15) is 11.1 Å². The molecule has 142 valence electrons. The van der Waals surface area contributed by atoms with Crippen LogP contribution >= 0.6 is 15.9 Å². The number of halogens is 1. The molecule has 1 N–H and O–H groups in total. The van der Waals surface area contributed by atoms with E-state index < -0.39 is 4.92 Å². The third-order valence-corrected chi connectivity index (χ3v) is 4.82. The number of hydrogen-bond acceptors (Lipinski definition) is 5. The van der Waals surface area contributed by atoms with Gasteiger partial charge in [-0.1, -0.05) is 46.3 Å². The number of hydrogen-bond donors (Lipinski definition) is 1. The summed E-state index contributed by atoms with van der Waals surface area (Å²) < 4.78 is 6.12. The van der Waals surface area contributed by atoms with Crippen LogP contribution in [-0.4, -0.2) is 24.2 Å². The number of methoxy groups -OCH3 is 1. The van der Waals surface area contributed by atoms with Crippen LogP contribution in [0.15, 0.2) is 64.2 Å². The Labute approximate surface area is 169 Å². The third kappa shape index (κ3) is 4.34. The Bertz CT molecular complexity index is 1080. The van der Waals surface area contributed by atoms with E-state index in [2.05, 4.69) is 26.5 Å². The van der Waals surface area contributed by atoms with Gasteiger partial charge in [0.05, 0.1) is 24.7 Å². The van der Waals surface area contributed by atoms with Gasteiger partial charge in [0, 0.05) is 22.2 Å². The average molecular weight is 442 g/mol. The van der Waals surface area contributed by atoms with Crippen LogP contribution < -0.4 is 10.2 Å². The third-order valence-electron chi connectivity index (χ3n) is 4.13. The molecule has 0 unspecified atom stereocenters. The van der Waals surface area contributed by atoms with Gasteiger partial charge in [0.15, 0.2) is 0 Å². The molecule has 0 saturated carbocycles. The number of benzene rings is 3. The first-order valence-corrected chi connectivity index (χ1v) is 9.09. The SMILES string of the molecule is COc1ccc([N+](=O)[O-])cc1/C=N/NC(=O)Cc1ccc(Br)c2ccccc12. The lowest BCUT2D eigenvalue weighted by atomic mass is 10.0. The first-order valence-electron chi connectivity index (χ1n) is 8.30. The molecule has 0 saturated heterocycles. The van der Waals surface area contributed by atoms with Crippen LogP contribution in [0.4, 0.5) is 5.69 Å². The molecule has 0 radical (unpaired) electrons. The molecule has 0 aliphatic heterocycles. The zero-order valence-electron chi connectivity index (χ0n) is 14.9. The van der Waals surface area contributed by atoms with Crippen LogP contribution in [0.3, 0.4) is 0 Å². The van der Waals surface area contributed by atoms with E-state index in [0.29, 0.717) is 11.3 Å². The van der Waals surface area contributed by atoms with Gasteiger partial charge < -0.3 is 4.74 Å². The van der Waals surface area contributed by atoms with Crippen molar-refractivity contribution in [3.05, 3.63) is 80.3 Å². The predicted molar refractivity (Wildman–Crippen MR) is 111 cm³/mol. The zero-order chi connectivity index (χ0) is 20.1. The lowest BCUT2D eigenvalue weighted by Gasteiger charge is -2.07. The van der Waals surface area contributed by atoms with E-state index in [0.717, 1.165) is 20.8 Å². The summed E-state index contributed by atoms with van der Waals surface area (Å²) in [4.78, 5) is 22.7. The van der Waals surface area contributed by atoms with Crippen molar-refractivity contribution in [2.45, 2.75) is 6.42 Å². The number of amides is 1. The summed E-state index contributed by atoms with van der Waals surface area (Å²) in [6.45, 7) is 0. The number of hydrazone groups is 1. The highest BCUT2D eigenvalue weighted by Gasteiger charge is 2.11. The summed E-state index contributed by atoms with van der Waals surface area (Å²) in [6.07, 6.45) is 1.47. The highest BCUT2D eigenvalue weighted by Crippen LogP contribution is 2.27. The van der Waals surface area contributed by atoms with Gasteiger partial charge in [0.1, 0.15) is 5.75 Å². The summed E-state index contributed by atoms with van der Waals surface area (Å²) in [5.74, 6) is 0.121. The van der Waals surface area contributed by atoms with E-state index in [1.807, 2.05) is 36.4 Å². The second-order valence-corrected chi connectivity index (χ2v) is 6.76. The molecule has 3 aromatic rings. The second kappa shape index (κ2) is 8.62. The highest BCUT2D eigenvalue weighted by atomic mass is 79.9. The molecule has 0 fully saturated rings. The van der Waals surface area contributed by atoms with E-state index in [1.165, 1.54) is 31.5 Å². The Morgan fingerprint density at radius 2 is 1.96 bits per heavy atom. The number of carbonyl (C=O) groups excluding carboxylic acids is 1. The van der Waals surface area contributed by atoms with Gasteiger partial charge in [0.25, 0.3) is 5.69 Å². The van der Waals surface area contributed by atoms with Crippen LogP contribution in [0.2, 0.25) is 0 Å². The van der Waals surface area contributed by atoms with Crippen LogP contribution in [0.25, 0.3) is 10.8 Å². The molecule has 0 aliphatic rings. The Hall–Kier alpha value is -3.26. The monoisotopic (exact) mass is 441 g/mol. The largest absolute Gasteiger partial charge is 0.496 e. The summed E-state index contributed by atoms with van der Waals surface area (Å²) in [5, 5.41) is 16.8. The van der Waals surface area contributed by atoms with E-state index in [4.69, 9.17) is 4.74 Å². The Balaban J connectivity index is 1.74. The summed E-state index contributed by atoms with van der Waals surface area (Å²) in [7, 11) is 1.45. The number of nitro benzene ring substituents is 1. The number of nitrogens with zero attached hydrogens (tertiary/aromatic N) is 2. The molecule has 0 heterocycles. The lowest BCUT2D eigenvalue weighted by molar-refractivity contribution is -0.384. The van der Waals surface area contributed by atoms with E-state index in [-0.39, 0.29) is 18.0 Å². The molecule has 3 rings (SSSR count). The molecule has 0 bridgehead atoms. The maximum Gasteiger partial charge on any atom is 0.270 e. The van der Waals surface area contributed by atoms with Gasteiger partial charge >= 0.3 is 0 Å². The van der Waals surface area contributed by atoms with Gasteiger partial charge in [-0.05, 0) is 28.5 Å². The Morgan fingerprint density at radius 1 is 1.21 bits per heavy atom. The van der Waals surface area contributed by atoms with Crippen LogP contribution in [0.5, 0.6) is 5.75 Å². The minimum Gasteiger partial charge on any atom is -0.496 e. The van der Waals surface area contributed by atoms with Gasteiger partial charge in [-0.25, -0.2) is 5.43 Å². The van der Waals surface area contributed by atoms with E-state index in [1.54, 1.807) is 0 Å². The smallest absolute Gasteiger partial charge is 0.270 e. The van der Waals surface area contributed by atoms with E-state index >= 15 is 0 Å². The number of ether oxygens (including phenoxy) is 1. The summed E-state index contributed by atoms with van der Waals surface area (Å²) in [5.41, 5.74) is 3.63. The quantitative estimate of drug-likeness (QED) is 0.352. The van der Waals surface area contributed by atoms with Crippen molar-refractivity contribution in [2.24, 2.45) is 5.10 Å². The highest BCUT2D eigenvalue weighted by molar-refractivity contribution is 9.10. The van der Waals surface area contributed by atoms with Crippen molar-refractivity contribution in [1.29, 1.82) is 0 Å². The van der Waals surface area contributed by atoms with Crippen molar-refractivity contribution >= 4 is 44.5 Å². The number of rotatable bonds is 6. The normalized spacial score (nSPS) is 10.9. The minimum absolute atomic E-state index is 0.0880. The fourth-order valence-electron chi connectivity index (χ4n) is 2.80. The molecule has 8 heteroatoms. The topological polar surface area (TPSA) is 93.8 Å². The molecule has 0 atom stereocenters. The van der Waals surface area contributed by atoms with Crippen molar-refractivity contribution in [3.8, 4) is 5.75 Å². The standard InChI is InChI=1S/C20H16BrN3O4/c1-28-19-9-7-15(24(26)27)10-14(19)12-22-23-20(25)11-13-6-8-18(21)17-5-3-2-4-16(13)17/h2-10,12H,11H2,1H3,(H,23,25)/b22-12+. The molecule has 28 heavy (non-hydrogen) atoms. The van der Waals surface area contributed by atoms with E-state index in [9.17, 15) is 14.9 Å². The van der Waals surface area contributed by atoms with Crippen LogP contribution in [0, 0.1) is 10.1 Å².